The van der Waals surface area contributed by atoms with E-state index in [-0.39, 0.29) is 11.7 Å². The highest BCUT2D eigenvalue weighted by atomic mass is 16.4. The number of aryl methyl sites for hydroxylation is 3. The number of carboxylic acid groups (broad SMARTS) is 1. The highest BCUT2D eigenvalue weighted by Crippen LogP contribution is 2.20. The highest BCUT2D eigenvalue weighted by Gasteiger charge is 2.25. The summed E-state index contributed by atoms with van der Waals surface area (Å²) < 4.78 is 1.85. The summed E-state index contributed by atoms with van der Waals surface area (Å²) in [5.74, 6) is -1.58. The van der Waals surface area contributed by atoms with E-state index in [2.05, 4.69) is 24.3 Å². The van der Waals surface area contributed by atoms with Crippen LogP contribution in [0, 0.1) is 20.8 Å². The molecule has 6 heteroatoms. The van der Waals surface area contributed by atoms with E-state index in [0.29, 0.717) is 5.56 Å². The Morgan fingerprint density at radius 2 is 1.77 bits per heavy atom. The molecule has 1 amide bonds. The summed E-state index contributed by atoms with van der Waals surface area (Å²) in [5, 5.41) is 16.6. The predicted molar refractivity (Wildman–Crippen MR) is 100 cm³/mol. The van der Waals surface area contributed by atoms with Crippen molar-refractivity contribution in [1.29, 1.82) is 0 Å². The molecule has 0 bridgehead atoms. The molecule has 2 aromatic rings. The lowest BCUT2D eigenvalue weighted by Gasteiger charge is -2.16. The van der Waals surface area contributed by atoms with E-state index in [9.17, 15) is 14.7 Å². The Kier molecular flexibility index (Phi) is 6.18. The standard InChI is InChI=1S/C20H27N3O3/c1-6-16(7-2)23-14(5)11-17(22-23)19(24)21-18(20(25)26)15-9-8-12(3)13(4)10-15/h8-11,16,18H,6-7H2,1-5H3,(H,21,24)(H,25,26). The van der Waals surface area contributed by atoms with Gasteiger partial charge < -0.3 is 10.4 Å². The molecule has 26 heavy (non-hydrogen) atoms. The average molecular weight is 357 g/mol. The molecule has 1 atom stereocenters. The van der Waals surface area contributed by atoms with Gasteiger partial charge in [0, 0.05) is 5.69 Å². The summed E-state index contributed by atoms with van der Waals surface area (Å²) >= 11 is 0. The maximum Gasteiger partial charge on any atom is 0.330 e. The Balaban J connectivity index is 2.27. The number of benzene rings is 1. The van der Waals surface area contributed by atoms with Crippen LogP contribution in [0.1, 0.15) is 71.6 Å². The third-order valence-corrected chi connectivity index (χ3v) is 4.83. The number of amides is 1. The fourth-order valence-corrected chi connectivity index (χ4v) is 3.04. The van der Waals surface area contributed by atoms with Crippen molar-refractivity contribution >= 4 is 11.9 Å². The third-order valence-electron chi connectivity index (χ3n) is 4.83. The summed E-state index contributed by atoms with van der Waals surface area (Å²) in [5.41, 5.74) is 3.73. The molecule has 1 aromatic heterocycles. The van der Waals surface area contributed by atoms with E-state index in [1.165, 1.54) is 0 Å². The Labute approximate surface area is 154 Å². The zero-order chi connectivity index (χ0) is 19.4. The van der Waals surface area contributed by atoms with Crippen molar-refractivity contribution in [3.63, 3.8) is 0 Å². The second-order valence-corrected chi connectivity index (χ2v) is 6.67. The molecule has 2 rings (SSSR count). The van der Waals surface area contributed by atoms with E-state index < -0.39 is 17.9 Å². The minimum atomic E-state index is -1.11. The zero-order valence-electron chi connectivity index (χ0n) is 16.0. The fraction of sp³-hybridized carbons (Fsp3) is 0.450. The highest BCUT2D eigenvalue weighted by molar-refractivity contribution is 5.95. The van der Waals surface area contributed by atoms with Crippen molar-refractivity contribution in [3.05, 3.63) is 52.3 Å². The molecule has 0 aliphatic rings. The molecule has 0 aliphatic carbocycles. The van der Waals surface area contributed by atoms with Gasteiger partial charge in [0.05, 0.1) is 6.04 Å². The van der Waals surface area contributed by atoms with Crippen LogP contribution in [0.15, 0.2) is 24.3 Å². The van der Waals surface area contributed by atoms with Gasteiger partial charge in [0.1, 0.15) is 5.69 Å². The first-order valence-corrected chi connectivity index (χ1v) is 8.95. The van der Waals surface area contributed by atoms with Crippen LogP contribution in [0.4, 0.5) is 0 Å². The second kappa shape index (κ2) is 8.17. The first kappa shape index (κ1) is 19.7. The molecule has 140 valence electrons. The van der Waals surface area contributed by atoms with Crippen molar-refractivity contribution in [1.82, 2.24) is 15.1 Å². The quantitative estimate of drug-likeness (QED) is 0.791. The van der Waals surface area contributed by atoms with Crippen LogP contribution in [0.3, 0.4) is 0 Å². The number of nitrogens with one attached hydrogen (secondary N) is 1. The lowest BCUT2D eigenvalue weighted by Crippen LogP contribution is -2.34. The van der Waals surface area contributed by atoms with Crippen molar-refractivity contribution in [2.24, 2.45) is 0 Å². The first-order chi connectivity index (χ1) is 12.3. The monoisotopic (exact) mass is 357 g/mol. The number of carbonyl (C=O) groups excluding carboxylic acids is 1. The molecule has 0 radical (unpaired) electrons. The van der Waals surface area contributed by atoms with Crippen LogP contribution in [-0.4, -0.2) is 26.8 Å². The number of hydrogen-bond donors (Lipinski definition) is 2. The van der Waals surface area contributed by atoms with Crippen LogP contribution < -0.4 is 5.32 Å². The van der Waals surface area contributed by atoms with Gasteiger partial charge in [0.15, 0.2) is 6.04 Å². The fourth-order valence-electron chi connectivity index (χ4n) is 3.04. The Hall–Kier alpha value is -2.63. The number of rotatable bonds is 7. The van der Waals surface area contributed by atoms with Crippen LogP contribution in [0.25, 0.3) is 0 Å². The van der Waals surface area contributed by atoms with E-state index in [1.54, 1.807) is 18.2 Å². The van der Waals surface area contributed by atoms with Gasteiger partial charge in [-0.3, -0.25) is 9.48 Å². The number of carboxylic acids is 1. The van der Waals surface area contributed by atoms with Gasteiger partial charge in [0.2, 0.25) is 0 Å². The minimum absolute atomic E-state index is 0.228. The van der Waals surface area contributed by atoms with Gasteiger partial charge in [-0.1, -0.05) is 32.0 Å². The molecule has 1 heterocycles. The maximum absolute atomic E-state index is 12.6. The van der Waals surface area contributed by atoms with Gasteiger partial charge in [0.25, 0.3) is 5.91 Å². The van der Waals surface area contributed by atoms with Gasteiger partial charge in [-0.05, 0) is 56.4 Å². The molecular formula is C20H27N3O3. The Morgan fingerprint density at radius 3 is 2.31 bits per heavy atom. The maximum atomic E-state index is 12.6. The van der Waals surface area contributed by atoms with Crippen LogP contribution in [-0.2, 0) is 4.79 Å². The molecule has 1 unspecified atom stereocenters. The number of carbonyl (C=O) groups is 2. The summed E-state index contributed by atoms with van der Waals surface area (Å²) in [4.78, 5) is 24.3. The average Bonchev–Trinajstić information content (AvgIpc) is 2.98. The largest absolute Gasteiger partial charge is 0.479 e. The normalized spacial score (nSPS) is 12.2. The molecule has 0 aliphatic heterocycles. The van der Waals surface area contributed by atoms with Crippen molar-refractivity contribution in [3.8, 4) is 0 Å². The van der Waals surface area contributed by atoms with Gasteiger partial charge in [-0.2, -0.15) is 5.10 Å². The molecule has 1 aromatic carbocycles. The lowest BCUT2D eigenvalue weighted by molar-refractivity contribution is -0.139. The number of hydrogen-bond acceptors (Lipinski definition) is 3. The molecule has 0 fully saturated rings. The van der Waals surface area contributed by atoms with Gasteiger partial charge in [-0.25, -0.2) is 4.79 Å². The van der Waals surface area contributed by atoms with E-state index in [0.717, 1.165) is 29.7 Å². The summed E-state index contributed by atoms with van der Waals surface area (Å²) in [7, 11) is 0. The van der Waals surface area contributed by atoms with Crippen molar-refractivity contribution in [2.75, 3.05) is 0 Å². The first-order valence-electron chi connectivity index (χ1n) is 8.95. The van der Waals surface area contributed by atoms with Crippen LogP contribution in [0.5, 0.6) is 0 Å². The number of aromatic nitrogens is 2. The van der Waals surface area contributed by atoms with Crippen molar-refractivity contribution in [2.45, 2.75) is 59.5 Å². The summed E-state index contributed by atoms with van der Waals surface area (Å²) in [6.45, 7) is 9.94. The molecule has 0 spiro atoms. The number of nitrogens with zero attached hydrogens (tertiary/aromatic N) is 2. The minimum Gasteiger partial charge on any atom is -0.479 e. The Bertz CT molecular complexity index is 807. The SMILES string of the molecule is CCC(CC)n1nc(C(=O)NC(C(=O)O)c2ccc(C)c(C)c2)cc1C. The lowest BCUT2D eigenvalue weighted by atomic mass is 10.0. The smallest absolute Gasteiger partial charge is 0.330 e. The molecule has 0 saturated carbocycles. The summed E-state index contributed by atoms with van der Waals surface area (Å²) in [6, 6.07) is 6.20. The molecule has 0 saturated heterocycles. The molecule has 6 nitrogen and oxygen atoms in total. The molecule has 2 N–H and O–H groups in total. The number of aliphatic carboxylic acids is 1. The van der Waals surface area contributed by atoms with Gasteiger partial charge in [-0.15, -0.1) is 0 Å². The van der Waals surface area contributed by atoms with E-state index in [1.807, 2.05) is 31.5 Å². The third kappa shape index (κ3) is 4.12. The van der Waals surface area contributed by atoms with E-state index in [4.69, 9.17) is 0 Å². The zero-order valence-corrected chi connectivity index (χ0v) is 16.0. The topological polar surface area (TPSA) is 84.2 Å². The van der Waals surface area contributed by atoms with Crippen LogP contribution >= 0.6 is 0 Å². The van der Waals surface area contributed by atoms with Gasteiger partial charge >= 0.3 is 5.97 Å². The van der Waals surface area contributed by atoms with E-state index >= 15 is 0 Å². The Morgan fingerprint density at radius 1 is 1.12 bits per heavy atom. The second-order valence-electron chi connectivity index (χ2n) is 6.67. The van der Waals surface area contributed by atoms with Crippen LogP contribution in [0.2, 0.25) is 0 Å². The molecular weight excluding hydrogens is 330 g/mol. The predicted octanol–water partition coefficient (Wildman–Crippen LogP) is 3.73. The van der Waals surface area contributed by atoms with Crippen molar-refractivity contribution < 1.29 is 14.7 Å². The summed E-state index contributed by atoms with van der Waals surface area (Å²) in [6.07, 6.45) is 1.83.